The number of nitrogens with zero attached hydrogens (tertiary/aromatic N) is 2. The van der Waals surface area contributed by atoms with Gasteiger partial charge in [-0.3, -0.25) is 9.69 Å². The molecule has 0 saturated carbocycles. The van der Waals surface area contributed by atoms with E-state index in [1.807, 2.05) is 27.7 Å². The number of likely N-dealkylation sites (N-methyl/N-ethyl adjacent to an activating group) is 1. The molecule has 0 atom stereocenters. The van der Waals surface area contributed by atoms with E-state index in [-0.39, 0.29) is 12.1 Å². The molecule has 1 rings (SSSR count). The third-order valence-electron chi connectivity index (χ3n) is 3.27. The van der Waals surface area contributed by atoms with Gasteiger partial charge in [0, 0.05) is 25.7 Å². The highest BCUT2D eigenvalue weighted by atomic mass is 16.6. The average molecular weight is 286 g/mol. The minimum Gasteiger partial charge on any atom is -0.469 e. The summed E-state index contributed by atoms with van der Waals surface area (Å²) in [5.74, 6) is -0.202. The number of hydrogen-bond donors (Lipinski definition) is 0. The topological polar surface area (TPSA) is 59.1 Å². The lowest BCUT2D eigenvalue weighted by molar-refractivity contribution is -0.141. The lowest BCUT2D eigenvalue weighted by Crippen LogP contribution is -2.61. The van der Waals surface area contributed by atoms with E-state index in [0.29, 0.717) is 32.1 Å². The van der Waals surface area contributed by atoms with Gasteiger partial charge in [0.25, 0.3) is 0 Å². The van der Waals surface area contributed by atoms with E-state index in [0.717, 1.165) is 6.54 Å². The summed E-state index contributed by atoms with van der Waals surface area (Å²) >= 11 is 0. The lowest BCUT2D eigenvalue weighted by atomic mass is 10.1. The third-order valence-corrected chi connectivity index (χ3v) is 3.27. The molecule has 0 unspecified atom stereocenters. The number of rotatable bonds is 5. The quantitative estimate of drug-likeness (QED) is 0.717. The number of likely N-dealkylation sites (tertiary alicyclic amines) is 1. The highest BCUT2D eigenvalue weighted by Gasteiger charge is 2.36. The van der Waals surface area contributed by atoms with E-state index < -0.39 is 5.60 Å². The second-order valence-corrected chi connectivity index (χ2v) is 5.99. The maximum atomic E-state index is 11.8. The van der Waals surface area contributed by atoms with Crippen LogP contribution >= 0.6 is 0 Å². The summed E-state index contributed by atoms with van der Waals surface area (Å²) in [5, 5.41) is 0. The van der Waals surface area contributed by atoms with Crippen LogP contribution in [-0.4, -0.2) is 66.8 Å². The fourth-order valence-electron chi connectivity index (χ4n) is 2.10. The first-order valence-electron chi connectivity index (χ1n) is 7.05. The molecule has 0 spiro atoms. The Hall–Kier alpha value is -1.30. The van der Waals surface area contributed by atoms with Gasteiger partial charge in [-0.15, -0.1) is 0 Å². The summed E-state index contributed by atoms with van der Waals surface area (Å²) in [6, 6.07) is 0.303. The Morgan fingerprint density at radius 1 is 1.30 bits per heavy atom. The summed E-state index contributed by atoms with van der Waals surface area (Å²) < 4.78 is 9.95. The zero-order valence-electron chi connectivity index (χ0n) is 13.1. The van der Waals surface area contributed by atoms with E-state index in [1.165, 1.54) is 7.11 Å². The molecule has 0 bridgehead atoms. The standard InChI is InChI=1S/C14H26N2O4/c1-6-15(8-7-12(17)19-5)11-9-16(10-11)13(18)20-14(2,3)4/h11H,6-10H2,1-5H3. The van der Waals surface area contributed by atoms with E-state index in [4.69, 9.17) is 4.74 Å². The fourth-order valence-corrected chi connectivity index (χ4v) is 2.10. The van der Waals surface area contributed by atoms with E-state index in [2.05, 4.69) is 9.64 Å². The normalized spacial score (nSPS) is 16.0. The van der Waals surface area contributed by atoms with Crippen LogP contribution in [0, 0.1) is 0 Å². The zero-order chi connectivity index (χ0) is 15.3. The van der Waals surface area contributed by atoms with Crippen LogP contribution in [0.1, 0.15) is 34.1 Å². The number of amides is 1. The first-order chi connectivity index (χ1) is 9.26. The predicted octanol–water partition coefficient (Wildman–Crippen LogP) is 1.49. The molecule has 1 heterocycles. The molecule has 6 nitrogen and oxygen atoms in total. The molecule has 0 radical (unpaired) electrons. The van der Waals surface area contributed by atoms with Crippen molar-refractivity contribution in [3.8, 4) is 0 Å². The molecular weight excluding hydrogens is 260 g/mol. The van der Waals surface area contributed by atoms with Gasteiger partial charge in [-0.1, -0.05) is 6.92 Å². The molecule has 1 fully saturated rings. The van der Waals surface area contributed by atoms with Crippen LogP contribution in [0.25, 0.3) is 0 Å². The third kappa shape index (κ3) is 5.00. The number of carbonyl (C=O) groups excluding carboxylic acids is 2. The molecule has 20 heavy (non-hydrogen) atoms. The minimum atomic E-state index is -0.461. The molecular formula is C14H26N2O4. The summed E-state index contributed by atoms with van der Waals surface area (Å²) in [6.07, 6.45) is 0.116. The van der Waals surface area contributed by atoms with Crippen molar-refractivity contribution in [1.29, 1.82) is 0 Å². The second-order valence-electron chi connectivity index (χ2n) is 5.99. The van der Waals surface area contributed by atoms with Crippen molar-refractivity contribution in [2.75, 3.05) is 33.3 Å². The molecule has 116 valence electrons. The van der Waals surface area contributed by atoms with E-state index in [1.54, 1.807) is 4.90 Å². The molecule has 0 aliphatic carbocycles. The molecule has 1 saturated heterocycles. The van der Waals surface area contributed by atoms with Crippen LogP contribution < -0.4 is 0 Å². The molecule has 1 aliphatic rings. The summed E-state index contributed by atoms with van der Waals surface area (Å²) in [7, 11) is 1.40. The van der Waals surface area contributed by atoms with Crippen LogP contribution in [0.4, 0.5) is 4.79 Å². The first kappa shape index (κ1) is 16.8. The van der Waals surface area contributed by atoms with Crippen LogP contribution in [0.2, 0.25) is 0 Å². The van der Waals surface area contributed by atoms with Crippen molar-refractivity contribution < 1.29 is 19.1 Å². The number of ether oxygens (including phenoxy) is 2. The smallest absolute Gasteiger partial charge is 0.410 e. The highest BCUT2D eigenvalue weighted by Crippen LogP contribution is 2.19. The first-order valence-corrected chi connectivity index (χ1v) is 7.05. The van der Waals surface area contributed by atoms with Crippen molar-refractivity contribution in [3.05, 3.63) is 0 Å². The van der Waals surface area contributed by atoms with Crippen molar-refractivity contribution >= 4 is 12.1 Å². The molecule has 0 aromatic heterocycles. The van der Waals surface area contributed by atoms with Gasteiger partial charge in [0.1, 0.15) is 5.60 Å². The molecule has 0 aromatic carbocycles. The monoisotopic (exact) mass is 286 g/mol. The maximum absolute atomic E-state index is 11.8. The van der Waals surface area contributed by atoms with Gasteiger partial charge in [0.15, 0.2) is 0 Å². The Kier molecular flexibility index (Phi) is 5.80. The maximum Gasteiger partial charge on any atom is 0.410 e. The number of esters is 1. The Balaban J connectivity index is 2.34. The van der Waals surface area contributed by atoms with Gasteiger partial charge < -0.3 is 14.4 Å². The Morgan fingerprint density at radius 3 is 2.35 bits per heavy atom. The largest absolute Gasteiger partial charge is 0.469 e. The number of carbonyl (C=O) groups is 2. The van der Waals surface area contributed by atoms with Crippen molar-refractivity contribution in [3.63, 3.8) is 0 Å². The molecule has 6 heteroatoms. The van der Waals surface area contributed by atoms with Gasteiger partial charge in [0.2, 0.25) is 0 Å². The van der Waals surface area contributed by atoms with Crippen LogP contribution in [-0.2, 0) is 14.3 Å². The van der Waals surface area contributed by atoms with Crippen molar-refractivity contribution in [1.82, 2.24) is 9.80 Å². The average Bonchev–Trinajstić information content (AvgIpc) is 2.28. The molecule has 1 aliphatic heterocycles. The van der Waals surface area contributed by atoms with Gasteiger partial charge in [0.05, 0.1) is 13.5 Å². The van der Waals surface area contributed by atoms with Gasteiger partial charge in [-0.25, -0.2) is 4.79 Å². The van der Waals surface area contributed by atoms with Crippen molar-refractivity contribution in [2.24, 2.45) is 0 Å². The van der Waals surface area contributed by atoms with E-state index >= 15 is 0 Å². The minimum absolute atomic E-state index is 0.202. The number of hydrogen-bond acceptors (Lipinski definition) is 5. The Labute approximate surface area is 121 Å². The Morgan fingerprint density at radius 2 is 1.90 bits per heavy atom. The highest BCUT2D eigenvalue weighted by molar-refractivity contribution is 5.70. The molecule has 0 aromatic rings. The zero-order valence-corrected chi connectivity index (χ0v) is 13.1. The van der Waals surface area contributed by atoms with Crippen molar-refractivity contribution in [2.45, 2.75) is 45.8 Å². The van der Waals surface area contributed by atoms with Crippen LogP contribution in [0.5, 0.6) is 0 Å². The Bertz CT molecular complexity index is 346. The van der Waals surface area contributed by atoms with Crippen LogP contribution in [0.3, 0.4) is 0 Å². The van der Waals surface area contributed by atoms with Gasteiger partial charge in [-0.05, 0) is 27.3 Å². The van der Waals surface area contributed by atoms with Crippen LogP contribution in [0.15, 0.2) is 0 Å². The van der Waals surface area contributed by atoms with Gasteiger partial charge >= 0.3 is 12.1 Å². The van der Waals surface area contributed by atoms with Gasteiger partial charge in [-0.2, -0.15) is 0 Å². The summed E-state index contributed by atoms with van der Waals surface area (Å²) in [5.41, 5.74) is -0.461. The lowest BCUT2D eigenvalue weighted by Gasteiger charge is -2.45. The number of methoxy groups -OCH3 is 1. The molecule has 1 amide bonds. The summed E-state index contributed by atoms with van der Waals surface area (Å²) in [4.78, 5) is 26.9. The predicted molar refractivity (Wildman–Crippen MR) is 75.5 cm³/mol. The fraction of sp³-hybridized carbons (Fsp3) is 0.857. The molecule has 0 N–H and O–H groups in total. The summed E-state index contributed by atoms with van der Waals surface area (Å²) in [6.45, 7) is 10.5. The second kappa shape index (κ2) is 6.92. The SMILES string of the molecule is CCN(CCC(=O)OC)C1CN(C(=O)OC(C)(C)C)C1. The van der Waals surface area contributed by atoms with E-state index in [9.17, 15) is 9.59 Å².